The van der Waals surface area contributed by atoms with Gasteiger partial charge in [-0.25, -0.2) is 0 Å². The lowest BCUT2D eigenvalue weighted by atomic mass is 10.1. The molecule has 0 spiro atoms. The van der Waals surface area contributed by atoms with E-state index in [2.05, 4.69) is 18.3 Å². The Balaban J connectivity index is 1.66. The zero-order chi connectivity index (χ0) is 16.7. The summed E-state index contributed by atoms with van der Waals surface area (Å²) in [5, 5.41) is 3.48. The van der Waals surface area contributed by atoms with Crippen LogP contribution < -0.4 is 16.0 Å². The maximum Gasteiger partial charge on any atom is 0.238 e. The number of carbonyl (C=O) groups excluding carboxylic acids is 1. The van der Waals surface area contributed by atoms with E-state index in [9.17, 15) is 4.79 Å². The maximum atomic E-state index is 12.4. The summed E-state index contributed by atoms with van der Waals surface area (Å²) in [7, 11) is 0. The number of nitrogens with zero attached hydrogens (tertiary/aromatic N) is 1. The first-order valence-electron chi connectivity index (χ1n) is 8.28. The molecule has 1 saturated heterocycles. The molecule has 4 nitrogen and oxygen atoms in total. The van der Waals surface area contributed by atoms with Gasteiger partial charge in [-0.3, -0.25) is 9.69 Å². The molecule has 1 unspecified atom stereocenters. The lowest BCUT2D eigenvalue weighted by molar-refractivity contribution is -0.115. The standard InChI is InChI=1S/C19H21N3OS/c1-12-2-7-15(8-3-12)22-18(23)11-24-19(22)13-4-9-16(20)17(10-13)21-14-5-6-14/h2-4,7-10,14,19,21H,5-6,11,20H2,1H3. The molecule has 24 heavy (non-hydrogen) atoms. The van der Waals surface area contributed by atoms with Crippen LogP contribution in [0.3, 0.4) is 0 Å². The van der Waals surface area contributed by atoms with Crippen molar-refractivity contribution in [2.45, 2.75) is 31.2 Å². The largest absolute Gasteiger partial charge is 0.397 e. The molecule has 0 bridgehead atoms. The first kappa shape index (κ1) is 15.4. The van der Waals surface area contributed by atoms with E-state index in [-0.39, 0.29) is 11.3 Å². The molecule has 3 N–H and O–H groups in total. The minimum atomic E-state index is 0.000518. The van der Waals surface area contributed by atoms with Gasteiger partial charge < -0.3 is 11.1 Å². The number of aryl methyl sites for hydroxylation is 1. The van der Waals surface area contributed by atoms with Crippen molar-refractivity contribution in [3.05, 3.63) is 53.6 Å². The minimum absolute atomic E-state index is 0.000518. The first-order chi connectivity index (χ1) is 11.6. The second kappa shape index (κ2) is 6.06. The Morgan fingerprint density at radius 2 is 1.92 bits per heavy atom. The van der Waals surface area contributed by atoms with Crippen LogP contribution in [0.5, 0.6) is 0 Å². The molecule has 2 aromatic carbocycles. The number of hydrogen-bond acceptors (Lipinski definition) is 4. The molecule has 4 rings (SSSR count). The third kappa shape index (κ3) is 2.96. The molecular formula is C19H21N3OS. The van der Waals surface area contributed by atoms with Crippen molar-refractivity contribution in [1.82, 2.24) is 0 Å². The predicted molar refractivity (Wildman–Crippen MR) is 101 cm³/mol. The lowest BCUT2D eigenvalue weighted by Gasteiger charge is -2.25. The van der Waals surface area contributed by atoms with E-state index in [0.717, 1.165) is 22.6 Å². The van der Waals surface area contributed by atoms with Gasteiger partial charge in [0.2, 0.25) is 5.91 Å². The van der Waals surface area contributed by atoms with Crippen LogP contribution in [0.25, 0.3) is 0 Å². The summed E-state index contributed by atoms with van der Waals surface area (Å²) < 4.78 is 0. The van der Waals surface area contributed by atoms with E-state index >= 15 is 0 Å². The summed E-state index contributed by atoms with van der Waals surface area (Å²) >= 11 is 1.67. The fraction of sp³-hybridized carbons (Fsp3) is 0.316. The topological polar surface area (TPSA) is 58.4 Å². The third-order valence-electron chi connectivity index (χ3n) is 4.48. The van der Waals surface area contributed by atoms with Crippen LogP contribution in [-0.2, 0) is 4.79 Å². The highest BCUT2D eigenvalue weighted by atomic mass is 32.2. The molecule has 5 heteroatoms. The molecule has 2 aliphatic rings. The van der Waals surface area contributed by atoms with Gasteiger partial charge in [-0.1, -0.05) is 23.8 Å². The summed E-state index contributed by atoms with van der Waals surface area (Å²) in [6, 6.07) is 14.8. The number of amides is 1. The van der Waals surface area contributed by atoms with Crippen molar-refractivity contribution in [1.29, 1.82) is 0 Å². The fourth-order valence-electron chi connectivity index (χ4n) is 2.96. The normalized spacial score (nSPS) is 20.5. The van der Waals surface area contributed by atoms with Crippen molar-refractivity contribution in [3.8, 4) is 0 Å². The van der Waals surface area contributed by atoms with Gasteiger partial charge in [0.05, 0.1) is 17.1 Å². The number of carbonyl (C=O) groups is 1. The zero-order valence-electron chi connectivity index (χ0n) is 13.7. The Labute approximate surface area is 146 Å². The number of benzene rings is 2. The Hall–Kier alpha value is -2.14. The van der Waals surface area contributed by atoms with Crippen molar-refractivity contribution < 1.29 is 4.79 Å². The number of anilines is 3. The minimum Gasteiger partial charge on any atom is -0.397 e. The molecule has 0 aromatic heterocycles. The van der Waals surface area contributed by atoms with Gasteiger partial charge in [-0.2, -0.15) is 0 Å². The van der Waals surface area contributed by atoms with Crippen molar-refractivity contribution >= 4 is 34.7 Å². The second-order valence-electron chi connectivity index (χ2n) is 6.53. The van der Waals surface area contributed by atoms with Crippen LogP contribution in [0.15, 0.2) is 42.5 Å². The van der Waals surface area contributed by atoms with E-state index in [1.165, 1.54) is 18.4 Å². The number of thioether (sulfide) groups is 1. The summed E-state index contributed by atoms with van der Waals surface area (Å²) in [4.78, 5) is 14.3. The summed E-state index contributed by atoms with van der Waals surface area (Å²) in [6.07, 6.45) is 2.41. The van der Waals surface area contributed by atoms with Crippen LogP contribution in [0.4, 0.5) is 17.1 Å². The van der Waals surface area contributed by atoms with E-state index < -0.39 is 0 Å². The molecule has 1 atom stereocenters. The van der Waals surface area contributed by atoms with E-state index in [4.69, 9.17) is 5.73 Å². The Kier molecular flexibility index (Phi) is 3.88. The van der Waals surface area contributed by atoms with Gasteiger partial charge in [0.1, 0.15) is 5.37 Å². The average Bonchev–Trinajstić information content (AvgIpc) is 3.31. The highest BCUT2D eigenvalue weighted by Gasteiger charge is 2.34. The third-order valence-corrected chi connectivity index (χ3v) is 5.69. The van der Waals surface area contributed by atoms with Crippen LogP contribution in [0.2, 0.25) is 0 Å². The molecule has 2 fully saturated rings. The zero-order valence-corrected chi connectivity index (χ0v) is 14.5. The van der Waals surface area contributed by atoms with Crippen molar-refractivity contribution in [2.75, 3.05) is 21.7 Å². The molecule has 1 amide bonds. The Bertz CT molecular complexity index is 771. The van der Waals surface area contributed by atoms with Gasteiger partial charge in [0, 0.05) is 11.7 Å². The van der Waals surface area contributed by atoms with Crippen LogP contribution in [0, 0.1) is 6.92 Å². The summed E-state index contributed by atoms with van der Waals surface area (Å²) in [5.74, 6) is 0.663. The van der Waals surface area contributed by atoms with Crippen LogP contribution in [-0.4, -0.2) is 17.7 Å². The summed E-state index contributed by atoms with van der Waals surface area (Å²) in [5.41, 5.74) is 11.1. The van der Waals surface area contributed by atoms with Gasteiger partial charge in [-0.15, -0.1) is 11.8 Å². The molecule has 1 heterocycles. The number of nitrogen functional groups attached to an aromatic ring is 1. The number of hydrogen-bond donors (Lipinski definition) is 2. The first-order valence-corrected chi connectivity index (χ1v) is 9.33. The molecule has 0 radical (unpaired) electrons. The molecule has 1 saturated carbocycles. The van der Waals surface area contributed by atoms with Crippen molar-refractivity contribution in [2.24, 2.45) is 0 Å². The molecule has 1 aliphatic carbocycles. The number of nitrogens with two attached hydrogens (primary N) is 1. The fourth-order valence-corrected chi connectivity index (χ4v) is 4.12. The van der Waals surface area contributed by atoms with Gasteiger partial charge in [0.15, 0.2) is 0 Å². The maximum absolute atomic E-state index is 12.4. The highest BCUT2D eigenvalue weighted by molar-refractivity contribution is 8.00. The smallest absolute Gasteiger partial charge is 0.238 e. The SMILES string of the molecule is Cc1ccc(N2C(=O)CSC2c2ccc(N)c(NC3CC3)c2)cc1. The Morgan fingerprint density at radius 1 is 1.17 bits per heavy atom. The molecule has 124 valence electrons. The second-order valence-corrected chi connectivity index (χ2v) is 7.60. The van der Waals surface area contributed by atoms with Gasteiger partial charge >= 0.3 is 0 Å². The highest BCUT2D eigenvalue weighted by Crippen LogP contribution is 2.43. The molecule has 1 aliphatic heterocycles. The van der Waals surface area contributed by atoms with E-state index in [1.807, 2.05) is 41.3 Å². The average molecular weight is 339 g/mol. The lowest BCUT2D eigenvalue weighted by Crippen LogP contribution is -2.27. The quantitative estimate of drug-likeness (QED) is 0.829. The number of rotatable bonds is 4. The summed E-state index contributed by atoms with van der Waals surface area (Å²) in [6.45, 7) is 2.05. The van der Waals surface area contributed by atoms with Gasteiger partial charge in [-0.05, 0) is 49.6 Å². The Morgan fingerprint density at radius 3 is 2.62 bits per heavy atom. The van der Waals surface area contributed by atoms with Gasteiger partial charge in [0.25, 0.3) is 0 Å². The van der Waals surface area contributed by atoms with E-state index in [0.29, 0.717) is 11.8 Å². The number of nitrogens with one attached hydrogen (secondary N) is 1. The van der Waals surface area contributed by atoms with E-state index in [1.54, 1.807) is 11.8 Å². The monoisotopic (exact) mass is 339 g/mol. The predicted octanol–water partition coefficient (Wildman–Crippen LogP) is 3.93. The molecule has 2 aromatic rings. The van der Waals surface area contributed by atoms with Crippen LogP contribution >= 0.6 is 11.8 Å². The molecular weight excluding hydrogens is 318 g/mol. The van der Waals surface area contributed by atoms with Crippen LogP contribution in [0.1, 0.15) is 29.3 Å². The van der Waals surface area contributed by atoms with Crippen molar-refractivity contribution in [3.63, 3.8) is 0 Å².